The van der Waals surface area contributed by atoms with Crippen molar-refractivity contribution in [1.29, 1.82) is 0 Å². The number of carbonyl (C=O) groups is 2. The molecule has 0 fully saturated rings. The third-order valence-electron chi connectivity index (χ3n) is 4.45. The highest BCUT2D eigenvalue weighted by atomic mass is 35.5. The van der Waals surface area contributed by atoms with Gasteiger partial charge in [-0.2, -0.15) is 5.10 Å². The van der Waals surface area contributed by atoms with Crippen molar-refractivity contribution >= 4 is 29.6 Å². The van der Waals surface area contributed by atoms with E-state index in [0.29, 0.717) is 34.5 Å². The molecule has 2 N–H and O–H groups in total. The molecule has 1 heterocycles. The molecule has 0 aliphatic heterocycles. The van der Waals surface area contributed by atoms with Crippen LogP contribution in [0, 0.1) is 0 Å². The Morgan fingerprint density at radius 3 is 2.59 bits per heavy atom. The molecule has 0 spiro atoms. The molecule has 2 amide bonds. The molecule has 166 valence electrons. The molecule has 1 aromatic heterocycles. The third kappa shape index (κ3) is 6.12. The van der Waals surface area contributed by atoms with Gasteiger partial charge in [-0.15, -0.1) is 0 Å². The van der Waals surface area contributed by atoms with Crippen molar-refractivity contribution < 1.29 is 23.5 Å². The van der Waals surface area contributed by atoms with Gasteiger partial charge in [0.2, 0.25) is 0 Å². The molecule has 2 aromatic carbocycles. The van der Waals surface area contributed by atoms with Crippen LogP contribution in [0.25, 0.3) is 11.3 Å². The molecule has 0 aliphatic carbocycles. The fourth-order valence-electron chi connectivity index (χ4n) is 2.86. The Balaban J connectivity index is 1.46. The molecule has 0 saturated heterocycles. The van der Waals surface area contributed by atoms with Crippen molar-refractivity contribution in [3.05, 3.63) is 70.9 Å². The van der Waals surface area contributed by atoms with E-state index in [-0.39, 0.29) is 6.54 Å². The van der Waals surface area contributed by atoms with Crippen LogP contribution in [0.15, 0.2) is 64.1 Å². The third-order valence-corrected chi connectivity index (χ3v) is 4.68. The Morgan fingerprint density at radius 2 is 1.84 bits per heavy atom. The van der Waals surface area contributed by atoms with Crippen LogP contribution in [0.4, 0.5) is 0 Å². The Kier molecular flexibility index (Phi) is 7.88. The zero-order valence-electron chi connectivity index (χ0n) is 17.6. The van der Waals surface area contributed by atoms with Gasteiger partial charge in [-0.3, -0.25) is 9.59 Å². The second-order valence-corrected chi connectivity index (χ2v) is 7.04. The average molecular weight is 456 g/mol. The van der Waals surface area contributed by atoms with Crippen LogP contribution < -0.4 is 20.2 Å². The van der Waals surface area contributed by atoms with Gasteiger partial charge in [-0.1, -0.05) is 29.8 Å². The van der Waals surface area contributed by atoms with E-state index in [1.54, 1.807) is 44.6 Å². The van der Waals surface area contributed by atoms with E-state index in [1.165, 1.54) is 6.21 Å². The van der Waals surface area contributed by atoms with E-state index in [9.17, 15) is 9.59 Å². The van der Waals surface area contributed by atoms with Gasteiger partial charge >= 0.3 is 11.8 Å². The van der Waals surface area contributed by atoms with Gasteiger partial charge in [0.25, 0.3) is 0 Å². The van der Waals surface area contributed by atoms with Crippen molar-refractivity contribution in [2.24, 2.45) is 5.10 Å². The Morgan fingerprint density at radius 1 is 1.03 bits per heavy atom. The van der Waals surface area contributed by atoms with Gasteiger partial charge in [-0.05, 0) is 48.4 Å². The van der Waals surface area contributed by atoms with E-state index >= 15 is 0 Å². The standard InChI is InChI=1S/C23H22ClN3O5/c1-30-20-8-6-15(12-21(20)31-2)10-11-25-22(28)23(29)27-26-14-18-7-9-19(32-18)16-4-3-5-17(24)13-16/h3-9,12-14H,10-11H2,1-2H3,(H,25,28)(H,27,29)/b26-14-. The van der Waals surface area contributed by atoms with Gasteiger partial charge in [-0.25, -0.2) is 5.43 Å². The van der Waals surface area contributed by atoms with Gasteiger partial charge in [0.1, 0.15) is 11.5 Å². The quantitative estimate of drug-likeness (QED) is 0.308. The maximum atomic E-state index is 11.9. The van der Waals surface area contributed by atoms with Gasteiger partial charge in [0, 0.05) is 17.1 Å². The summed E-state index contributed by atoms with van der Waals surface area (Å²) < 4.78 is 16.1. The lowest BCUT2D eigenvalue weighted by Gasteiger charge is -2.09. The lowest BCUT2D eigenvalue weighted by Crippen LogP contribution is -2.38. The van der Waals surface area contributed by atoms with Crippen molar-refractivity contribution in [1.82, 2.24) is 10.7 Å². The number of hydrogen-bond acceptors (Lipinski definition) is 6. The number of furan rings is 1. The molecular formula is C23H22ClN3O5. The first-order valence-corrected chi connectivity index (χ1v) is 10.1. The highest BCUT2D eigenvalue weighted by Gasteiger charge is 2.12. The fourth-order valence-corrected chi connectivity index (χ4v) is 3.05. The normalized spacial score (nSPS) is 10.7. The second kappa shape index (κ2) is 11.0. The lowest BCUT2D eigenvalue weighted by atomic mass is 10.1. The molecule has 32 heavy (non-hydrogen) atoms. The number of methoxy groups -OCH3 is 2. The molecule has 8 nitrogen and oxygen atoms in total. The predicted octanol–water partition coefficient (Wildman–Crippen LogP) is 3.43. The molecule has 0 unspecified atom stereocenters. The summed E-state index contributed by atoms with van der Waals surface area (Å²) in [4.78, 5) is 23.8. The van der Waals surface area contributed by atoms with Crippen LogP contribution in [0.3, 0.4) is 0 Å². The minimum Gasteiger partial charge on any atom is -0.493 e. The number of benzene rings is 2. The molecule has 0 radical (unpaired) electrons. The summed E-state index contributed by atoms with van der Waals surface area (Å²) in [5.41, 5.74) is 3.91. The summed E-state index contributed by atoms with van der Waals surface area (Å²) in [6.07, 6.45) is 1.82. The second-order valence-electron chi connectivity index (χ2n) is 6.61. The van der Waals surface area contributed by atoms with Crippen molar-refractivity contribution in [3.63, 3.8) is 0 Å². The van der Waals surface area contributed by atoms with Crippen molar-refractivity contribution in [2.45, 2.75) is 6.42 Å². The summed E-state index contributed by atoms with van der Waals surface area (Å²) in [6.45, 7) is 0.270. The smallest absolute Gasteiger partial charge is 0.329 e. The first-order chi connectivity index (χ1) is 15.5. The summed E-state index contributed by atoms with van der Waals surface area (Å²) >= 11 is 5.98. The van der Waals surface area contributed by atoms with Gasteiger partial charge in [0.15, 0.2) is 11.5 Å². The fraction of sp³-hybridized carbons (Fsp3) is 0.174. The minimum atomic E-state index is -0.879. The van der Waals surface area contributed by atoms with Crippen LogP contribution in [0.1, 0.15) is 11.3 Å². The van der Waals surface area contributed by atoms with Crippen LogP contribution in [-0.4, -0.2) is 38.8 Å². The van der Waals surface area contributed by atoms with Crippen LogP contribution >= 0.6 is 11.6 Å². The highest BCUT2D eigenvalue weighted by molar-refractivity contribution is 6.35. The molecule has 3 aromatic rings. The maximum absolute atomic E-state index is 11.9. The number of hydrazone groups is 1. The largest absolute Gasteiger partial charge is 0.493 e. The molecule has 0 aliphatic rings. The number of nitrogens with one attached hydrogen (secondary N) is 2. The molecule has 9 heteroatoms. The Bertz CT molecular complexity index is 1130. The molecular weight excluding hydrogens is 434 g/mol. The first kappa shape index (κ1) is 22.9. The summed E-state index contributed by atoms with van der Waals surface area (Å²) in [5.74, 6) is 0.563. The monoisotopic (exact) mass is 455 g/mol. The number of carbonyl (C=O) groups excluding carboxylic acids is 2. The number of hydrogen-bond donors (Lipinski definition) is 2. The van der Waals surface area contributed by atoms with Crippen molar-refractivity contribution in [2.75, 3.05) is 20.8 Å². The minimum absolute atomic E-state index is 0.270. The number of amides is 2. The van der Waals surface area contributed by atoms with Crippen LogP contribution in [-0.2, 0) is 16.0 Å². The molecule has 0 atom stereocenters. The lowest BCUT2D eigenvalue weighted by molar-refractivity contribution is -0.139. The average Bonchev–Trinajstić information content (AvgIpc) is 3.27. The number of rotatable bonds is 8. The van der Waals surface area contributed by atoms with E-state index in [2.05, 4.69) is 15.8 Å². The van der Waals surface area contributed by atoms with E-state index in [1.807, 2.05) is 24.3 Å². The van der Waals surface area contributed by atoms with Gasteiger partial charge in [0.05, 0.1) is 20.4 Å². The van der Waals surface area contributed by atoms with Crippen LogP contribution in [0.5, 0.6) is 11.5 Å². The highest BCUT2D eigenvalue weighted by Crippen LogP contribution is 2.27. The van der Waals surface area contributed by atoms with E-state index in [4.69, 9.17) is 25.5 Å². The number of halogens is 1. The summed E-state index contributed by atoms with van der Waals surface area (Å²) in [6, 6.07) is 16.1. The first-order valence-electron chi connectivity index (χ1n) is 9.68. The SMILES string of the molecule is COc1ccc(CCNC(=O)C(=O)N/N=C\c2ccc(-c3cccc(Cl)c3)o2)cc1OC. The predicted molar refractivity (Wildman–Crippen MR) is 121 cm³/mol. The maximum Gasteiger partial charge on any atom is 0.329 e. The Labute approximate surface area is 190 Å². The van der Waals surface area contributed by atoms with Crippen LogP contribution in [0.2, 0.25) is 5.02 Å². The topological polar surface area (TPSA) is 102 Å². The van der Waals surface area contributed by atoms with E-state index < -0.39 is 11.8 Å². The number of ether oxygens (including phenoxy) is 2. The summed E-state index contributed by atoms with van der Waals surface area (Å²) in [5, 5.41) is 6.90. The number of nitrogens with zero attached hydrogens (tertiary/aromatic N) is 1. The zero-order chi connectivity index (χ0) is 22.9. The van der Waals surface area contributed by atoms with Crippen molar-refractivity contribution in [3.8, 4) is 22.8 Å². The van der Waals surface area contributed by atoms with E-state index in [0.717, 1.165) is 11.1 Å². The molecule has 0 saturated carbocycles. The molecule has 3 rings (SSSR count). The van der Waals surface area contributed by atoms with Gasteiger partial charge < -0.3 is 19.2 Å². The zero-order valence-corrected chi connectivity index (χ0v) is 18.3. The molecule has 0 bridgehead atoms. The summed E-state index contributed by atoms with van der Waals surface area (Å²) in [7, 11) is 3.11. The Hall–Kier alpha value is -3.78.